The quantitative estimate of drug-likeness (QED) is 0.396. The number of nitrogens with one attached hydrogen (secondary N) is 3. The van der Waals surface area contributed by atoms with Gasteiger partial charge in [-0.15, -0.1) is 0 Å². The molecule has 3 N–H and O–H groups in total. The molecule has 1 aromatic heterocycles. The van der Waals surface area contributed by atoms with E-state index in [0.717, 1.165) is 17.8 Å². The second kappa shape index (κ2) is 10.2. The largest absolute Gasteiger partial charge is 0.357 e. The van der Waals surface area contributed by atoms with E-state index < -0.39 is 0 Å². The summed E-state index contributed by atoms with van der Waals surface area (Å²) in [5, 5.41) is 10.4. The number of guanidine groups is 1. The smallest absolute Gasteiger partial charge is 0.252 e. The number of carbonyl (C=O) groups excluding carboxylic acids is 1. The lowest BCUT2D eigenvalue weighted by atomic mass is 10.2. The van der Waals surface area contributed by atoms with Gasteiger partial charge in [0, 0.05) is 36.8 Å². The third-order valence-electron chi connectivity index (χ3n) is 3.99. The minimum Gasteiger partial charge on any atom is -0.357 e. The van der Waals surface area contributed by atoms with E-state index in [1.165, 1.54) is 19.3 Å². The van der Waals surface area contributed by atoms with Gasteiger partial charge in [0.15, 0.2) is 5.96 Å². The summed E-state index contributed by atoms with van der Waals surface area (Å²) >= 11 is 1.95. The van der Waals surface area contributed by atoms with Crippen LogP contribution in [0.1, 0.15) is 36.5 Å². The lowest BCUT2D eigenvalue weighted by Gasteiger charge is -2.17. The van der Waals surface area contributed by atoms with Crippen LogP contribution in [0.25, 0.3) is 0 Å². The average Bonchev–Trinajstić information content (AvgIpc) is 3.07. The number of aromatic nitrogens is 1. The first-order valence-corrected chi connectivity index (χ1v) is 9.77. The van der Waals surface area contributed by atoms with Crippen LogP contribution in [-0.4, -0.2) is 54.0 Å². The Balaban J connectivity index is 1.75. The summed E-state index contributed by atoms with van der Waals surface area (Å²) in [6, 6.07) is 3.99. The highest BCUT2D eigenvalue weighted by Gasteiger charge is 2.24. The minimum atomic E-state index is -0.116. The van der Waals surface area contributed by atoms with Crippen LogP contribution in [-0.2, 0) is 0 Å². The summed E-state index contributed by atoms with van der Waals surface area (Å²) in [6.07, 6.45) is 9.03. The number of hydrogen-bond donors (Lipinski definition) is 3. The molecule has 1 aliphatic rings. The summed E-state index contributed by atoms with van der Waals surface area (Å²) in [5.41, 5.74) is 0.570. The number of carbonyl (C=O) groups is 1. The molecule has 0 bridgehead atoms. The van der Waals surface area contributed by atoms with Crippen molar-refractivity contribution in [3.05, 3.63) is 30.1 Å². The molecule has 24 heavy (non-hydrogen) atoms. The molecule has 0 aliphatic heterocycles. The van der Waals surface area contributed by atoms with E-state index >= 15 is 0 Å². The number of hydrogen-bond acceptors (Lipinski definition) is 4. The van der Waals surface area contributed by atoms with Gasteiger partial charge in [0.25, 0.3) is 5.91 Å². The Morgan fingerprint density at radius 1 is 1.42 bits per heavy atom. The fraction of sp³-hybridized carbons (Fsp3) is 0.588. The number of rotatable bonds is 7. The highest BCUT2D eigenvalue weighted by Crippen LogP contribution is 2.27. The van der Waals surface area contributed by atoms with E-state index in [2.05, 4.69) is 39.1 Å². The molecule has 1 saturated carbocycles. The minimum absolute atomic E-state index is 0.116. The topological polar surface area (TPSA) is 78.4 Å². The Kier molecular flexibility index (Phi) is 7.88. The van der Waals surface area contributed by atoms with Crippen molar-refractivity contribution in [3.63, 3.8) is 0 Å². The molecule has 0 saturated heterocycles. The molecule has 2 rings (SSSR count). The molecule has 1 heterocycles. The molecule has 2 atom stereocenters. The van der Waals surface area contributed by atoms with Crippen molar-refractivity contribution >= 4 is 23.6 Å². The maximum absolute atomic E-state index is 11.9. The van der Waals surface area contributed by atoms with Crippen molar-refractivity contribution in [1.82, 2.24) is 20.9 Å². The van der Waals surface area contributed by atoms with Crippen molar-refractivity contribution in [2.45, 2.75) is 37.5 Å². The van der Waals surface area contributed by atoms with Crippen LogP contribution in [0.3, 0.4) is 0 Å². The molecule has 1 fully saturated rings. The molecular formula is C17H27N5OS. The summed E-state index contributed by atoms with van der Waals surface area (Å²) in [5.74, 6) is 0.717. The first-order valence-electron chi connectivity index (χ1n) is 8.48. The Morgan fingerprint density at radius 2 is 2.29 bits per heavy atom. The second-order valence-corrected chi connectivity index (χ2v) is 6.91. The van der Waals surface area contributed by atoms with Crippen molar-refractivity contribution in [2.24, 2.45) is 4.99 Å². The maximum Gasteiger partial charge on any atom is 0.252 e. The van der Waals surface area contributed by atoms with Gasteiger partial charge in [-0.1, -0.05) is 0 Å². The standard InChI is InChI=1S/C17H27N5OS/c1-3-19-17(22-14-6-7-15(11-14)24-2)21-10-9-20-16(23)13-5-4-8-18-12-13/h4-5,8,12,14-15H,3,6-7,9-11H2,1-2H3,(H,20,23)(H2,19,21,22). The summed E-state index contributed by atoms with van der Waals surface area (Å²) < 4.78 is 0. The Morgan fingerprint density at radius 3 is 2.96 bits per heavy atom. The molecule has 1 aromatic rings. The van der Waals surface area contributed by atoms with Gasteiger partial charge >= 0.3 is 0 Å². The SMILES string of the molecule is CCNC(=NCCNC(=O)c1cccnc1)NC1CCC(SC)C1. The molecule has 132 valence electrons. The Bertz CT molecular complexity index is 537. The van der Waals surface area contributed by atoms with Crippen LogP contribution in [0.4, 0.5) is 0 Å². The van der Waals surface area contributed by atoms with Gasteiger partial charge < -0.3 is 16.0 Å². The summed E-state index contributed by atoms with van der Waals surface area (Å²) in [7, 11) is 0. The maximum atomic E-state index is 11.9. The number of amides is 1. The lowest BCUT2D eigenvalue weighted by Crippen LogP contribution is -2.43. The van der Waals surface area contributed by atoms with Gasteiger partial charge in [0.1, 0.15) is 0 Å². The monoisotopic (exact) mass is 349 g/mol. The predicted molar refractivity (Wildman–Crippen MR) is 101 cm³/mol. The van der Waals surface area contributed by atoms with E-state index in [0.29, 0.717) is 24.7 Å². The summed E-state index contributed by atoms with van der Waals surface area (Å²) in [6.45, 7) is 3.93. The molecule has 0 radical (unpaired) electrons. The van der Waals surface area contributed by atoms with Gasteiger partial charge in [-0.25, -0.2) is 0 Å². The molecule has 0 aromatic carbocycles. The Labute approximate surface area is 148 Å². The van der Waals surface area contributed by atoms with Crippen molar-refractivity contribution in [3.8, 4) is 0 Å². The zero-order chi connectivity index (χ0) is 17.2. The number of aliphatic imine (C=N–C) groups is 1. The van der Waals surface area contributed by atoms with Gasteiger partial charge in [0.2, 0.25) is 0 Å². The van der Waals surface area contributed by atoms with E-state index in [4.69, 9.17) is 0 Å². The van der Waals surface area contributed by atoms with E-state index in [1.54, 1.807) is 24.5 Å². The van der Waals surface area contributed by atoms with E-state index in [-0.39, 0.29) is 5.91 Å². The third kappa shape index (κ3) is 6.03. The molecule has 2 unspecified atom stereocenters. The molecule has 6 nitrogen and oxygen atoms in total. The normalized spacial score (nSPS) is 20.7. The fourth-order valence-corrected chi connectivity index (χ4v) is 3.53. The molecule has 1 amide bonds. The fourth-order valence-electron chi connectivity index (χ4n) is 2.73. The predicted octanol–water partition coefficient (Wildman–Crippen LogP) is 1.65. The number of pyridine rings is 1. The zero-order valence-corrected chi connectivity index (χ0v) is 15.2. The molecule has 0 spiro atoms. The van der Waals surface area contributed by atoms with Crippen LogP contribution >= 0.6 is 11.8 Å². The highest BCUT2D eigenvalue weighted by atomic mass is 32.2. The number of nitrogens with zero attached hydrogens (tertiary/aromatic N) is 2. The van der Waals surface area contributed by atoms with Crippen molar-refractivity contribution in [2.75, 3.05) is 25.9 Å². The number of thioether (sulfide) groups is 1. The van der Waals surface area contributed by atoms with Crippen LogP contribution in [0.15, 0.2) is 29.5 Å². The second-order valence-electron chi connectivity index (χ2n) is 5.77. The van der Waals surface area contributed by atoms with E-state index in [1.807, 2.05) is 11.8 Å². The average molecular weight is 350 g/mol. The molecule has 7 heteroatoms. The first-order chi connectivity index (χ1) is 11.7. The van der Waals surface area contributed by atoms with Gasteiger partial charge in [-0.2, -0.15) is 11.8 Å². The highest BCUT2D eigenvalue weighted by molar-refractivity contribution is 7.99. The van der Waals surface area contributed by atoms with Crippen molar-refractivity contribution in [1.29, 1.82) is 0 Å². The van der Waals surface area contributed by atoms with E-state index in [9.17, 15) is 4.79 Å². The van der Waals surface area contributed by atoms with Crippen LogP contribution < -0.4 is 16.0 Å². The Hall–Kier alpha value is -1.76. The van der Waals surface area contributed by atoms with Gasteiger partial charge in [0.05, 0.1) is 12.1 Å². The van der Waals surface area contributed by atoms with Crippen LogP contribution in [0.5, 0.6) is 0 Å². The van der Waals surface area contributed by atoms with Crippen LogP contribution in [0, 0.1) is 0 Å². The van der Waals surface area contributed by atoms with Crippen LogP contribution in [0.2, 0.25) is 0 Å². The first kappa shape index (κ1) is 18.6. The van der Waals surface area contributed by atoms with Crippen molar-refractivity contribution < 1.29 is 4.79 Å². The zero-order valence-electron chi connectivity index (χ0n) is 14.4. The molecular weight excluding hydrogens is 322 g/mol. The van der Waals surface area contributed by atoms with Gasteiger partial charge in [-0.05, 0) is 44.6 Å². The molecule has 1 aliphatic carbocycles. The van der Waals surface area contributed by atoms with Gasteiger partial charge in [-0.3, -0.25) is 14.8 Å². The lowest BCUT2D eigenvalue weighted by molar-refractivity contribution is 0.0954. The summed E-state index contributed by atoms with van der Waals surface area (Å²) in [4.78, 5) is 20.4. The third-order valence-corrected chi connectivity index (χ3v) is 5.09.